The maximum absolute atomic E-state index is 12.5. The summed E-state index contributed by atoms with van der Waals surface area (Å²) in [4.78, 5) is 21.7. The lowest BCUT2D eigenvalue weighted by molar-refractivity contribution is -0.119. The van der Waals surface area contributed by atoms with Gasteiger partial charge in [-0.1, -0.05) is 0 Å². The van der Waals surface area contributed by atoms with Crippen LogP contribution >= 0.6 is 0 Å². The highest BCUT2D eigenvalue weighted by atomic mass is 19.1. The Labute approximate surface area is 80.1 Å². The molecular weight excluding hydrogens is 187 g/mol. The molecule has 1 rings (SSSR count). The van der Waals surface area contributed by atoms with Gasteiger partial charge in [0.1, 0.15) is 5.82 Å². The third-order valence-electron chi connectivity index (χ3n) is 1.46. The van der Waals surface area contributed by atoms with Gasteiger partial charge in [0.25, 0.3) is 5.91 Å². The summed E-state index contributed by atoms with van der Waals surface area (Å²) in [5.41, 5.74) is 4.56. The number of amides is 2. The predicted octanol–water partition coefficient (Wildman–Crippen LogP) is 0.607. The van der Waals surface area contributed by atoms with E-state index in [2.05, 4.69) is 10.9 Å². The molecule has 0 heterocycles. The van der Waals surface area contributed by atoms with E-state index >= 15 is 0 Å². The summed E-state index contributed by atoms with van der Waals surface area (Å²) in [6.07, 6.45) is 0. The quantitative estimate of drug-likeness (QED) is 0.646. The van der Waals surface area contributed by atoms with Crippen molar-refractivity contribution in [1.29, 1.82) is 0 Å². The van der Waals surface area contributed by atoms with Crippen LogP contribution in [0.4, 0.5) is 4.39 Å². The Morgan fingerprint density at radius 1 is 1.14 bits per heavy atom. The predicted molar refractivity (Wildman–Crippen MR) is 47.7 cm³/mol. The minimum atomic E-state index is -0.486. The third kappa shape index (κ3) is 2.85. The first-order valence-corrected chi connectivity index (χ1v) is 3.92. The molecule has 0 aromatic heterocycles. The maximum Gasteiger partial charge on any atom is 0.269 e. The first kappa shape index (κ1) is 10.2. The monoisotopic (exact) mass is 196 g/mol. The molecule has 14 heavy (non-hydrogen) atoms. The zero-order valence-corrected chi connectivity index (χ0v) is 7.50. The molecule has 0 atom stereocenters. The zero-order chi connectivity index (χ0) is 10.6. The lowest BCUT2D eigenvalue weighted by Gasteiger charge is -2.04. The number of carbonyl (C=O) groups excluding carboxylic acids is 2. The number of carbonyl (C=O) groups is 2. The van der Waals surface area contributed by atoms with Crippen LogP contribution in [0, 0.1) is 5.82 Å². The van der Waals surface area contributed by atoms with Crippen molar-refractivity contribution in [3.8, 4) is 0 Å². The van der Waals surface area contributed by atoms with Crippen molar-refractivity contribution in [3.63, 3.8) is 0 Å². The summed E-state index contributed by atoms with van der Waals surface area (Å²) in [7, 11) is 0. The van der Waals surface area contributed by atoms with Crippen molar-refractivity contribution in [1.82, 2.24) is 10.9 Å². The van der Waals surface area contributed by atoms with Gasteiger partial charge in [-0.15, -0.1) is 0 Å². The summed E-state index contributed by atoms with van der Waals surface area (Å²) in [5, 5.41) is 0. The van der Waals surface area contributed by atoms with Crippen LogP contribution in [0.25, 0.3) is 0 Å². The molecule has 0 spiro atoms. The van der Waals surface area contributed by atoms with Gasteiger partial charge < -0.3 is 0 Å². The largest absolute Gasteiger partial charge is 0.274 e. The van der Waals surface area contributed by atoms with Gasteiger partial charge in [-0.3, -0.25) is 20.4 Å². The van der Waals surface area contributed by atoms with E-state index in [1.54, 1.807) is 0 Å². The number of nitrogens with one attached hydrogen (secondary N) is 2. The Balaban J connectivity index is 2.61. The number of hydrogen-bond acceptors (Lipinski definition) is 2. The first-order valence-electron chi connectivity index (χ1n) is 3.92. The minimum Gasteiger partial charge on any atom is -0.274 e. The Morgan fingerprint density at radius 3 is 2.21 bits per heavy atom. The standard InChI is InChI=1S/C9H9FN2O2/c1-6(13)11-12-9(14)7-2-4-8(10)5-3-7/h2-5H,1H3,(H,11,13)(H,12,14). The van der Waals surface area contributed by atoms with E-state index in [0.29, 0.717) is 0 Å². The molecule has 0 aliphatic rings. The van der Waals surface area contributed by atoms with Gasteiger partial charge in [-0.25, -0.2) is 4.39 Å². The Bertz CT molecular complexity index is 348. The van der Waals surface area contributed by atoms with Crippen molar-refractivity contribution >= 4 is 11.8 Å². The molecule has 4 nitrogen and oxygen atoms in total. The molecule has 0 saturated heterocycles. The fraction of sp³-hybridized carbons (Fsp3) is 0.111. The number of hydrazine groups is 1. The number of rotatable bonds is 1. The Morgan fingerprint density at radius 2 is 1.71 bits per heavy atom. The van der Waals surface area contributed by atoms with Crippen LogP contribution in [0.3, 0.4) is 0 Å². The Hall–Kier alpha value is -1.91. The molecule has 1 aromatic carbocycles. The second-order valence-corrected chi connectivity index (χ2v) is 2.64. The van der Waals surface area contributed by atoms with Crippen LogP contribution < -0.4 is 10.9 Å². The van der Waals surface area contributed by atoms with Crippen LogP contribution in [0.5, 0.6) is 0 Å². The molecule has 0 aliphatic heterocycles. The second kappa shape index (κ2) is 4.36. The summed E-state index contributed by atoms with van der Waals surface area (Å²) >= 11 is 0. The molecule has 0 unspecified atom stereocenters. The summed E-state index contributed by atoms with van der Waals surface area (Å²) in [6.45, 7) is 1.27. The van der Waals surface area contributed by atoms with Crippen LogP contribution in [0.1, 0.15) is 17.3 Å². The second-order valence-electron chi connectivity index (χ2n) is 2.64. The van der Waals surface area contributed by atoms with E-state index in [1.165, 1.54) is 31.2 Å². The molecule has 0 radical (unpaired) electrons. The summed E-state index contributed by atoms with van der Waals surface area (Å²) < 4.78 is 12.5. The van der Waals surface area contributed by atoms with E-state index < -0.39 is 11.7 Å². The topological polar surface area (TPSA) is 58.2 Å². The minimum absolute atomic E-state index is 0.278. The number of hydrogen-bond donors (Lipinski definition) is 2. The SMILES string of the molecule is CC(=O)NNC(=O)c1ccc(F)cc1. The average Bonchev–Trinajstić information content (AvgIpc) is 2.15. The van der Waals surface area contributed by atoms with Crippen molar-refractivity contribution in [2.24, 2.45) is 0 Å². The van der Waals surface area contributed by atoms with Crippen LogP contribution in [0.2, 0.25) is 0 Å². The van der Waals surface area contributed by atoms with E-state index in [4.69, 9.17) is 0 Å². The molecule has 0 saturated carbocycles. The average molecular weight is 196 g/mol. The van der Waals surface area contributed by atoms with E-state index in [-0.39, 0.29) is 11.5 Å². The number of benzene rings is 1. The Kier molecular flexibility index (Phi) is 3.17. The molecule has 2 amide bonds. The maximum atomic E-state index is 12.5. The van der Waals surface area contributed by atoms with Crippen molar-refractivity contribution < 1.29 is 14.0 Å². The molecule has 74 valence electrons. The van der Waals surface area contributed by atoms with Gasteiger partial charge >= 0.3 is 0 Å². The lowest BCUT2D eigenvalue weighted by atomic mass is 10.2. The van der Waals surface area contributed by atoms with Gasteiger partial charge in [-0.05, 0) is 24.3 Å². The van der Waals surface area contributed by atoms with E-state index in [9.17, 15) is 14.0 Å². The fourth-order valence-corrected chi connectivity index (χ4v) is 0.818. The van der Waals surface area contributed by atoms with Gasteiger partial charge in [0.15, 0.2) is 0 Å². The highest BCUT2D eigenvalue weighted by Gasteiger charge is 2.04. The molecule has 0 bridgehead atoms. The van der Waals surface area contributed by atoms with Gasteiger partial charge in [0, 0.05) is 12.5 Å². The van der Waals surface area contributed by atoms with Crippen molar-refractivity contribution in [2.75, 3.05) is 0 Å². The van der Waals surface area contributed by atoms with E-state index in [0.717, 1.165) is 0 Å². The highest BCUT2D eigenvalue weighted by molar-refractivity contribution is 5.95. The van der Waals surface area contributed by atoms with Crippen LogP contribution in [-0.2, 0) is 4.79 Å². The van der Waals surface area contributed by atoms with Crippen molar-refractivity contribution in [2.45, 2.75) is 6.92 Å². The van der Waals surface area contributed by atoms with Gasteiger partial charge in [0.2, 0.25) is 5.91 Å². The highest BCUT2D eigenvalue weighted by Crippen LogP contribution is 2.01. The summed E-state index contributed by atoms with van der Waals surface area (Å²) in [6, 6.07) is 4.99. The smallest absolute Gasteiger partial charge is 0.269 e. The molecule has 0 aliphatic carbocycles. The third-order valence-corrected chi connectivity index (χ3v) is 1.46. The molecular formula is C9H9FN2O2. The van der Waals surface area contributed by atoms with Crippen LogP contribution in [0.15, 0.2) is 24.3 Å². The molecule has 0 fully saturated rings. The van der Waals surface area contributed by atoms with Crippen LogP contribution in [-0.4, -0.2) is 11.8 Å². The first-order chi connectivity index (χ1) is 6.59. The molecule has 1 aromatic rings. The van der Waals surface area contributed by atoms with E-state index in [1.807, 2.05) is 0 Å². The summed E-state index contributed by atoms with van der Waals surface area (Å²) in [5.74, 6) is -1.28. The lowest BCUT2D eigenvalue weighted by Crippen LogP contribution is -2.40. The zero-order valence-electron chi connectivity index (χ0n) is 7.50. The van der Waals surface area contributed by atoms with Gasteiger partial charge in [0.05, 0.1) is 0 Å². The number of halogens is 1. The normalized spacial score (nSPS) is 9.29. The van der Waals surface area contributed by atoms with Crippen molar-refractivity contribution in [3.05, 3.63) is 35.6 Å². The molecule has 2 N–H and O–H groups in total. The molecule has 5 heteroatoms. The van der Waals surface area contributed by atoms with Gasteiger partial charge in [-0.2, -0.15) is 0 Å². The fourth-order valence-electron chi connectivity index (χ4n) is 0.818.